The molecular weight excluding hydrogens is 308 g/mol. The first kappa shape index (κ1) is 15.2. The maximum absolute atomic E-state index is 11.9. The normalized spacial score (nSPS) is 9.96. The van der Waals surface area contributed by atoms with Crippen molar-refractivity contribution >= 4 is 12.0 Å². The fraction of sp³-hybridized carbons (Fsp3) is 0.0588. The maximum Gasteiger partial charge on any atom is 0.414 e. The molecule has 0 radical (unpaired) electrons. The van der Waals surface area contributed by atoms with E-state index in [1.807, 2.05) is 36.4 Å². The van der Waals surface area contributed by atoms with Gasteiger partial charge in [-0.05, 0) is 17.7 Å². The van der Waals surface area contributed by atoms with Crippen LogP contribution in [0, 0.1) is 11.3 Å². The van der Waals surface area contributed by atoms with E-state index in [9.17, 15) is 4.79 Å². The third-order valence-corrected chi connectivity index (χ3v) is 3.09. The van der Waals surface area contributed by atoms with Crippen LogP contribution < -0.4 is 5.32 Å². The lowest BCUT2D eigenvalue weighted by Crippen LogP contribution is -2.13. The van der Waals surface area contributed by atoms with Gasteiger partial charge in [-0.15, -0.1) is 0 Å². The van der Waals surface area contributed by atoms with Gasteiger partial charge in [0.1, 0.15) is 12.7 Å². The van der Waals surface area contributed by atoms with Crippen LogP contribution in [-0.2, 0) is 11.3 Å². The van der Waals surface area contributed by atoms with E-state index >= 15 is 0 Å². The van der Waals surface area contributed by atoms with Crippen LogP contribution in [0.2, 0.25) is 0 Å². The molecule has 0 saturated carbocycles. The van der Waals surface area contributed by atoms with E-state index in [1.165, 1.54) is 0 Å². The summed E-state index contributed by atoms with van der Waals surface area (Å²) in [5.74, 6) is 0.162. The summed E-state index contributed by atoms with van der Waals surface area (Å²) in [5, 5.41) is 11.5. The van der Waals surface area contributed by atoms with Gasteiger partial charge in [-0.2, -0.15) is 10.2 Å². The number of carbonyl (C=O) groups excluding carboxylic acids is 1. The molecule has 0 aliphatic heterocycles. The molecule has 0 spiro atoms. The summed E-state index contributed by atoms with van der Waals surface area (Å²) in [6.45, 7) is 0.111. The number of benzene rings is 1. The van der Waals surface area contributed by atoms with E-state index in [0.29, 0.717) is 5.56 Å². The zero-order chi connectivity index (χ0) is 16.8. The minimum Gasteiger partial charge on any atom is -0.444 e. The molecule has 0 atom stereocenters. The van der Waals surface area contributed by atoms with Gasteiger partial charge in [-0.3, -0.25) is 10.3 Å². The average Bonchev–Trinajstić information content (AvgIpc) is 3.04. The minimum absolute atomic E-state index is 0.0292. The Labute approximate surface area is 137 Å². The second kappa shape index (κ2) is 7.07. The Morgan fingerprint density at radius 3 is 2.67 bits per heavy atom. The summed E-state index contributed by atoms with van der Waals surface area (Å²) in [5.41, 5.74) is 1.47. The van der Waals surface area contributed by atoms with Crippen LogP contribution in [0.3, 0.4) is 0 Å². The van der Waals surface area contributed by atoms with Crippen molar-refractivity contribution in [3.05, 3.63) is 66.1 Å². The van der Waals surface area contributed by atoms with Crippen molar-refractivity contribution in [3.63, 3.8) is 0 Å². The zero-order valence-electron chi connectivity index (χ0n) is 12.5. The summed E-state index contributed by atoms with van der Waals surface area (Å²) in [4.78, 5) is 19.8. The van der Waals surface area contributed by atoms with Crippen molar-refractivity contribution < 1.29 is 13.9 Å². The van der Waals surface area contributed by atoms with Crippen LogP contribution >= 0.6 is 0 Å². The largest absolute Gasteiger partial charge is 0.444 e. The minimum atomic E-state index is -0.729. The molecule has 0 aliphatic carbocycles. The molecule has 3 aromatic rings. The topological polar surface area (TPSA) is 101 Å². The van der Waals surface area contributed by atoms with Gasteiger partial charge in [-0.1, -0.05) is 30.3 Å². The highest BCUT2D eigenvalue weighted by Crippen LogP contribution is 2.24. The number of rotatable bonds is 4. The first-order valence-electron chi connectivity index (χ1n) is 7.05. The van der Waals surface area contributed by atoms with Gasteiger partial charge >= 0.3 is 6.09 Å². The van der Waals surface area contributed by atoms with Crippen LogP contribution in [0.5, 0.6) is 0 Å². The van der Waals surface area contributed by atoms with Gasteiger partial charge in [0, 0.05) is 18.0 Å². The number of hydrogen-bond donors (Lipinski definition) is 1. The highest BCUT2D eigenvalue weighted by atomic mass is 16.6. The number of amides is 1. The van der Waals surface area contributed by atoms with Crippen molar-refractivity contribution in [2.75, 3.05) is 5.32 Å². The quantitative estimate of drug-likeness (QED) is 0.791. The van der Waals surface area contributed by atoms with Gasteiger partial charge in [0.05, 0.1) is 0 Å². The number of nitrogens with one attached hydrogen (secondary N) is 1. The number of ether oxygens (including phenoxy) is 1. The highest BCUT2D eigenvalue weighted by Gasteiger charge is 2.17. The van der Waals surface area contributed by atoms with Crippen molar-refractivity contribution in [3.8, 4) is 17.5 Å². The second-order valence-corrected chi connectivity index (χ2v) is 4.73. The summed E-state index contributed by atoms with van der Waals surface area (Å²) in [7, 11) is 0. The Hall–Kier alpha value is -3.66. The summed E-state index contributed by atoms with van der Waals surface area (Å²) >= 11 is 0. The van der Waals surface area contributed by atoms with Crippen LogP contribution in [0.15, 0.2) is 59.3 Å². The molecule has 0 bridgehead atoms. The monoisotopic (exact) mass is 320 g/mol. The predicted molar refractivity (Wildman–Crippen MR) is 84.7 cm³/mol. The lowest BCUT2D eigenvalue weighted by molar-refractivity contribution is 0.154. The Morgan fingerprint density at radius 1 is 1.21 bits per heavy atom. The lowest BCUT2D eigenvalue weighted by Gasteiger charge is -2.04. The maximum atomic E-state index is 11.9. The number of oxazole rings is 1. The molecule has 2 heterocycles. The van der Waals surface area contributed by atoms with Crippen molar-refractivity contribution in [1.29, 1.82) is 5.26 Å². The van der Waals surface area contributed by atoms with Gasteiger partial charge in [0.25, 0.3) is 0 Å². The van der Waals surface area contributed by atoms with E-state index in [1.54, 1.807) is 24.5 Å². The fourth-order valence-corrected chi connectivity index (χ4v) is 1.95. The molecule has 7 heteroatoms. The van der Waals surface area contributed by atoms with Crippen molar-refractivity contribution in [2.24, 2.45) is 0 Å². The van der Waals surface area contributed by atoms with E-state index in [-0.39, 0.29) is 24.1 Å². The highest BCUT2D eigenvalue weighted by molar-refractivity contribution is 5.84. The molecule has 2 aromatic heterocycles. The number of hydrogen-bond acceptors (Lipinski definition) is 6. The Kier molecular flexibility index (Phi) is 4.49. The fourth-order valence-electron chi connectivity index (χ4n) is 1.95. The predicted octanol–water partition coefficient (Wildman–Crippen LogP) is 3.36. The van der Waals surface area contributed by atoms with Gasteiger partial charge in [0.15, 0.2) is 0 Å². The standard InChI is InChI=1S/C17H12N4O3/c18-10-14-16(24-15(20-14)13-6-8-19-9-7-13)21-17(22)23-11-12-4-2-1-3-5-12/h1-9H,11H2,(H,21,22). The number of pyridine rings is 1. The number of nitrogens with zero attached hydrogens (tertiary/aromatic N) is 3. The first-order chi connectivity index (χ1) is 11.8. The molecule has 0 unspecified atom stereocenters. The lowest BCUT2D eigenvalue weighted by atomic mass is 10.2. The van der Waals surface area contributed by atoms with Gasteiger partial charge in [-0.25, -0.2) is 4.79 Å². The first-order valence-corrected chi connectivity index (χ1v) is 7.05. The van der Waals surface area contributed by atoms with Crippen molar-refractivity contribution in [1.82, 2.24) is 9.97 Å². The van der Waals surface area contributed by atoms with Crippen LogP contribution in [0.1, 0.15) is 11.3 Å². The Bertz CT molecular complexity index is 870. The van der Waals surface area contributed by atoms with Crippen LogP contribution in [0.25, 0.3) is 11.5 Å². The summed E-state index contributed by atoms with van der Waals surface area (Å²) < 4.78 is 10.5. The molecule has 1 amide bonds. The second-order valence-electron chi connectivity index (χ2n) is 4.73. The van der Waals surface area contributed by atoms with E-state index in [4.69, 9.17) is 14.4 Å². The molecule has 0 fully saturated rings. The summed E-state index contributed by atoms with van der Waals surface area (Å²) in [6, 6.07) is 14.5. The molecule has 1 N–H and O–H groups in total. The third kappa shape index (κ3) is 3.56. The molecule has 24 heavy (non-hydrogen) atoms. The van der Waals surface area contributed by atoms with Crippen molar-refractivity contribution in [2.45, 2.75) is 6.61 Å². The van der Waals surface area contributed by atoms with E-state index < -0.39 is 6.09 Å². The van der Waals surface area contributed by atoms with E-state index in [0.717, 1.165) is 5.56 Å². The molecule has 0 aliphatic rings. The average molecular weight is 320 g/mol. The molecule has 0 saturated heterocycles. The van der Waals surface area contributed by atoms with Crippen LogP contribution in [-0.4, -0.2) is 16.1 Å². The summed E-state index contributed by atoms with van der Waals surface area (Å²) in [6.07, 6.45) is 2.42. The molecule has 118 valence electrons. The van der Waals surface area contributed by atoms with Gasteiger partial charge in [0.2, 0.25) is 17.5 Å². The molecule has 1 aromatic carbocycles. The molecule has 3 rings (SSSR count). The van der Waals surface area contributed by atoms with Crippen LogP contribution in [0.4, 0.5) is 10.7 Å². The number of carbonyl (C=O) groups is 1. The SMILES string of the molecule is N#Cc1nc(-c2ccncc2)oc1NC(=O)OCc1ccccc1. The number of nitriles is 1. The van der Waals surface area contributed by atoms with E-state index in [2.05, 4.69) is 15.3 Å². The smallest absolute Gasteiger partial charge is 0.414 e. The third-order valence-electron chi connectivity index (χ3n) is 3.09. The Morgan fingerprint density at radius 2 is 1.96 bits per heavy atom. The Balaban J connectivity index is 1.69. The molecular formula is C17H12N4O3. The number of aromatic nitrogens is 2. The molecule has 7 nitrogen and oxygen atoms in total. The zero-order valence-corrected chi connectivity index (χ0v) is 12.5. The van der Waals surface area contributed by atoms with Gasteiger partial charge < -0.3 is 9.15 Å². The number of anilines is 1.